The summed E-state index contributed by atoms with van der Waals surface area (Å²) >= 11 is 6.30. The first-order chi connectivity index (χ1) is 16.7. The Morgan fingerprint density at radius 3 is 2.66 bits per heavy atom. The molecule has 1 spiro atoms. The second-order valence-corrected chi connectivity index (χ2v) is 9.74. The van der Waals surface area contributed by atoms with Crippen LogP contribution in [-0.2, 0) is 31.3 Å². The van der Waals surface area contributed by atoms with Crippen LogP contribution in [0.5, 0.6) is 5.75 Å². The normalized spacial score (nSPS) is 26.8. The molecule has 5 rings (SSSR count). The first-order valence-electron chi connectivity index (χ1n) is 11.4. The Balaban J connectivity index is 1.60. The molecule has 2 aromatic rings. The third-order valence-electron chi connectivity index (χ3n) is 7.58. The highest BCUT2D eigenvalue weighted by atomic mass is 35.5. The van der Waals surface area contributed by atoms with Crippen LogP contribution in [0, 0.1) is 18.8 Å². The summed E-state index contributed by atoms with van der Waals surface area (Å²) in [6.07, 6.45) is 0.317. The summed E-state index contributed by atoms with van der Waals surface area (Å²) in [5.74, 6) is -2.79. The molecule has 35 heavy (non-hydrogen) atoms. The van der Waals surface area contributed by atoms with Gasteiger partial charge >= 0.3 is 0 Å². The summed E-state index contributed by atoms with van der Waals surface area (Å²) in [6, 6.07) is 10.1. The van der Waals surface area contributed by atoms with Gasteiger partial charge in [0.15, 0.2) is 0 Å². The van der Waals surface area contributed by atoms with Crippen molar-refractivity contribution in [2.75, 3.05) is 12.4 Å². The fraction of sp³-hybridized carbons (Fsp3) is 0.360. The van der Waals surface area contributed by atoms with Gasteiger partial charge in [0.05, 0.1) is 19.3 Å². The zero-order chi connectivity index (χ0) is 25.1. The Kier molecular flexibility index (Phi) is 5.56. The molecule has 3 aliphatic rings. The lowest BCUT2D eigenvalue weighted by Crippen LogP contribution is -2.99. The van der Waals surface area contributed by atoms with Crippen LogP contribution in [0.25, 0.3) is 0 Å². The third-order valence-corrected chi connectivity index (χ3v) is 7.98. The van der Waals surface area contributed by atoms with Crippen LogP contribution in [-0.4, -0.2) is 41.7 Å². The van der Waals surface area contributed by atoms with Gasteiger partial charge in [0.25, 0.3) is 5.91 Å². The zero-order valence-corrected chi connectivity index (χ0v) is 20.1. The summed E-state index contributed by atoms with van der Waals surface area (Å²) in [5.41, 5.74) is 6.63. The van der Waals surface area contributed by atoms with E-state index in [0.29, 0.717) is 33.1 Å². The number of hydrogen-bond donors (Lipinski definition) is 3. The lowest BCUT2D eigenvalue weighted by Gasteiger charge is -2.26. The Labute approximate surface area is 206 Å². The lowest BCUT2D eigenvalue weighted by atomic mass is 9.76. The number of nitrogens with two attached hydrogens (primary N) is 2. The maximum atomic E-state index is 13.9. The minimum absolute atomic E-state index is 0.0292. The number of halogens is 1. The number of anilines is 1. The van der Waals surface area contributed by atoms with E-state index >= 15 is 0 Å². The second kappa shape index (κ2) is 8.35. The Morgan fingerprint density at radius 2 is 1.94 bits per heavy atom. The Morgan fingerprint density at radius 1 is 1.20 bits per heavy atom. The molecule has 10 heteroatoms. The van der Waals surface area contributed by atoms with E-state index in [2.05, 4.69) is 5.32 Å². The number of methoxy groups -OCH3 is 1. The predicted octanol–water partition coefficient (Wildman–Crippen LogP) is 0.817. The van der Waals surface area contributed by atoms with Gasteiger partial charge < -0.3 is 21.1 Å². The van der Waals surface area contributed by atoms with Gasteiger partial charge in [0.2, 0.25) is 23.3 Å². The molecule has 0 radical (unpaired) electrons. The quantitative estimate of drug-likeness (QED) is 0.508. The van der Waals surface area contributed by atoms with Crippen molar-refractivity contribution in [2.45, 2.75) is 37.9 Å². The molecule has 0 bridgehead atoms. The molecular formula is C25H26ClN4O5+. The van der Waals surface area contributed by atoms with Crippen LogP contribution in [0.2, 0.25) is 5.02 Å². The van der Waals surface area contributed by atoms with Crippen molar-refractivity contribution in [3.05, 3.63) is 58.1 Å². The second-order valence-electron chi connectivity index (χ2n) is 9.33. The number of quaternary nitrogens is 1. The largest absolute Gasteiger partial charge is 0.496 e. The molecule has 5 N–H and O–H groups in total. The number of likely N-dealkylation sites (tertiary alicyclic amines) is 1. The van der Waals surface area contributed by atoms with Crippen LogP contribution in [0.3, 0.4) is 0 Å². The van der Waals surface area contributed by atoms with Gasteiger partial charge in [0.1, 0.15) is 23.6 Å². The van der Waals surface area contributed by atoms with Gasteiger partial charge in [-0.05, 0) is 30.7 Å². The maximum absolute atomic E-state index is 13.9. The number of ether oxygens (including phenoxy) is 1. The first kappa shape index (κ1) is 23.3. The number of fused-ring (bicyclic) bond motifs is 4. The summed E-state index contributed by atoms with van der Waals surface area (Å²) in [6.45, 7) is 1.83. The van der Waals surface area contributed by atoms with E-state index in [4.69, 9.17) is 22.1 Å². The molecule has 182 valence electrons. The number of carbonyl (C=O) groups excluding carboxylic acids is 4. The highest BCUT2D eigenvalue weighted by Crippen LogP contribution is 2.51. The first-order valence-corrected chi connectivity index (χ1v) is 11.8. The molecule has 0 aromatic heterocycles. The number of nitrogens with zero attached hydrogens (tertiary/aromatic N) is 1. The average molecular weight is 498 g/mol. The highest BCUT2D eigenvalue weighted by molar-refractivity contribution is 6.32. The highest BCUT2D eigenvalue weighted by Gasteiger charge is 2.74. The number of para-hydroxylation sites is 1. The van der Waals surface area contributed by atoms with E-state index in [1.54, 1.807) is 36.5 Å². The van der Waals surface area contributed by atoms with E-state index < -0.39 is 35.2 Å². The average Bonchev–Trinajstić information content (AvgIpc) is 3.41. The lowest BCUT2D eigenvalue weighted by molar-refractivity contribution is -0.734. The van der Waals surface area contributed by atoms with Gasteiger partial charge in [-0.3, -0.25) is 24.1 Å². The summed E-state index contributed by atoms with van der Waals surface area (Å²) in [7, 11) is 1.53. The predicted molar refractivity (Wildman–Crippen MR) is 126 cm³/mol. The molecule has 0 saturated carbocycles. The topological polar surface area (TPSA) is 135 Å². The van der Waals surface area contributed by atoms with E-state index in [-0.39, 0.29) is 31.2 Å². The maximum Gasteiger partial charge on any atom is 0.291 e. The molecule has 2 fully saturated rings. The van der Waals surface area contributed by atoms with Gasteiger partial charge in [-0.25, -0.2) is 0 Å². The van der Waals surface area contributed by atoms with E-state index in [9.17, 15) is 19.2 Å². The molecule has 2 saturated heterocycles. The minimum atomic E-state index is -1.33. The van der Waals surface area contributed by atoms with Crippen molar-refractivity contribution in [1.82, 2.24) is 4.90 Å². The van der Waals surface area contributed by atoms with Crippen molar-refractivity contribution < 1.29 is 29.2 Å². The van der Waals surface area contributed by atoms with Gasteiger partial charge in [-0.1, -0.05) is 29.8 Å². The van der Waals surface area contributed by atoms with Crippen LogP contribution in [0.15, 0.2) is 36.4 Å². The molecule has 3 heterocycles. The Bertz CT molecular complexity index is 1280. The number of rotatable bonds is 6. The molecule has 3 aliphatic heterocycles. The molecule has 0 unspecified atom stereocenters. The summed E-state index contributed by atoms with van der Waals surface area (Å²) in [5, 5.41) is 5.19. The minimum Gasteiger partial charge on any atom is -0.496 e. The third kappa shape index (κ3) is 3.33. The monoisotopic (exact) mass is 497 g/mol. The molecule has 4 amide bonds. The van der Waals surface area contributed by atoms with Crippen LogP contribution in [0.4, 0.5) is 5.69 Å². The number of amides is 4. The molecule has 9 nitrogen and oxygen atoms in total. The van der Waals surface area contributed by atoms with Crippen molar-refractivity contribution in [1.29, 1.82) is 0 Å². The van der Waals surface area contributed by atoms with E-state index in [1.807, 2.05) is 12.1 Å². The van der Waals surface area contributed by atoms with Gasteiger partial charge in [0, 0.05) is 29.0 Å². The van der Waals surface area contributed by atoms with Crippen molar-refractivity contribution in [3.8, 4) is 5.75 Å². The summed E-state index contributed by atoms with van der Waals surface area (Å²) in [4.78, 5) is 54.0. The molecule has 0 aliphatic carbocycles. The fourth-order valence-electron chi connectivity index (χ4n) is 5.94. The van der Waals surface area contributed by atoms with Crippen LogP contribution < -0.4 is 21.1 Å². The standard InChI is InChI=1S/C25H25ClN4O5/c1-12-15(26)8-7-14-21(12)28-24(34)25(14)20-19(16(29-25)9-10-18(27)31)22(32)30(23(20)33)11-13-5-3-4-6-17(13)35-2/h3-8,16,19-20,29H,9-11H2,1-2H3,(H2,27,31)(H,28,34)/p+1/t16-,19-,20+,25-/m1/s1. The molecular weight excluding hydrogens is 472 g/mol. The zero-order valence-electron chi connectivity index (χ0n) is 19.3. The van der Waals surface area contributed by atoms with Crippen molar-refractivity contribution in [2.24, 2.45) is 17.6 Å². The Hall–Kier alpha value is -3.43. The smallest absolute Gasteiger partial charge is 0.291 e. The number of primary amides is 1. The van der Waals surface area contributed by atoms with E-state index in [1.165, 1.54) is 12.0 Å². The number of carbonyl (C=O) groups is 4. The molecule has 4 atom stereocenters. The number of benzene rings is 2. The van der Waals surface area contributed by atoms with Gasteiger partial charge in [-0.2, -0.15) is 0 Å². The number of imide groups is 1. The van der Waals surface area contributed by atoms with E-state index in [0.717, 1.165) is 0 Å². The van der Waals surface area contributed by atoms with Crippen molar-refractivity contribution >= 4 is 40.9 Å². The van der Waals surface area contributed by atoms with Gasteiger partial charge in [-0.15, -0.1) is 0 Å². The summed E-state index contributed by atoms with van der Waals surface area (Å²) < 4.78 is 5.40. The number of hydrogen-bond acceptors (Lipinski definition) is 5. The SMILES string of the molecule is COc1ccccc1CN1C(=O)[C@H]2[C@@H](C1=O)[C@@]1([NH2+][C@@H]2CCC(N)=O)C(=O)Nc2c1ccc(Cl)c2C. The van der Waals surface area contributed by atoms with Crippen LogP contribution in [0.1, 0.15) is 29.5 Å². The van der Waals surface area contributed by atoms with Crippen molar-refractivity contribution in [3.63, 3.8) is 0 Å². The fourth-order valence-corrected chi connectivity index (χ4v) is 6.10. The van der Waals surface area contributed by atoms with Crippen LogP contribution >= 0.6 is 11.6 Å². The molecule has 2 aromatic carbocycles. The number of nitrogens with one attached hydrogen (secondary N) is 1.